The largest absolute Gasteiger partial charge is 0.456 e. The lowest BCUT2D eigenvalue weighted by Crippen LogP contribution is -2.11. The number of para-hydroxylation sites is 4. The van der Waals surface area contributed by atoms with Crippen molar-refractivity contribution in [3.05, 3.63) is 237 Å². The Morgan fingerprint density at radius 2 is 0.762 bits per heavy atom. The van der Waals surface area contributed by atoms with Gasteiger partial charge in [-0.15, -0.1) is 0 Å². The topological polar surface area (TPSA) is 29.5 Å². The highest BCUT2D eigenvalue weighted by molar-refractivity contribution is 6.11. The molecule has 0 saturated heterocycles. The Bertz CT molecular complexity index is 3620. The molecule has 12 rings (SSSR count). The van der Waals surface area contributed by atoms with Gasteiger partial charge in [0.1, 0.15) is 16.7 Å². The lowest BCUT2D eigenvalue weighted by atomic mass is 9.87. The van der Waals surface area contributed by atoms with Crippen LogP contribution in [-0.4, -0.2) is 0 Å². The number of furan rings is 2. The Morgan fingerprint density at radius 1 is 0.254 bits per heavy atom. The van der Waals surface area contributed by atoms with Crippen molar-refractivity contribution < 1.29 is 8.83 Å². The number of hydrogen-bond acceptors (Lipinski definition) is 3. The minimum absolute atomic E-state index is 0.836. The van der Waals surface area contributed by atoms with E-state index in [9.17, 15) is 0 Å². The van der Waals surface area contributed by atoms with Gasteiger partial charge in [-0.1, -0.05) is 182 Å². The molecular formula is C60H39NO2. The zero-order chi connectivity index (χ0) is 41.7. The van der Waals surface area contributed by atoms with Crippen molar-refractivity contribution in [3.63, 3.8) is 0 Å². The lowest BCUT2D eigenvalue weighted by Gasteiger charge is -2.28. The van der Waals surface area contributed by atoms with Crippen LogP contribution in [0.3, 0.4) is 0 Å². The number of fused-ring (bicyclic) bond motifs is 6. The summed E-state index contributed by atoms with van der Waals surface area (Å²) >= 11 is 0. The first-order chi connectivity index (χ1) is 31.2. The van der Waals surface area contributed by atoms with E-state index >= 15 is 0 Å². The molecule has 3 nitrogen and oxygen atoms in total. The van der Waals surface area contributed by atoms with Gasteiger partial charge >= 0.3 is 0 Å². The van der Waals surface area contributed by atoms with Crippen molar-refractivity contribution in [3.8, 4) is 55.6 Å². The van der Waals surface area contributed by atoms with Crippen LogP contribution in [0.5, 0.6) is 0 Å². The van der Waals surface area contributed by atoms with E-state index in [0.29, 0.717) is 0 Å². The SMILES string of the molecule is c1ccc(-c2ccc(-c3ccccc3)c(-c3ccccc3-c3ccccc3N(c3ccc(-c4ccc5c(c4)oc4ccccc45)cc3)c3cccc4c3oc3ccccc34)c2)cc1. The highest BCUT2D eigenvalue weighted by Crippen LogP contribution is 2.48. The van der Waals surface area contributed by atoms with Crippen molar-refractivity contribution >= 4 is 60.9 Å². The van der Waals surface area contributed by atoms with E-state index in [1.807, 2.05) is 18.2 Å². The summed E-state index contributed by atoms with van der Waals surface area (Å²) in [5.74, 6) is 0. The molecule has 0 aliphatic heterocycles. The molecule has 0 amide bonds. The predicted octanol–water partition coefficient (Wildman–Crippen LogP) is 17.3. The van der Waals surface area contributed by atoms with Gasteiger partial charge in [0.2, 0.25) is 0 Å². The molecule has 3 heteroatoms. The maximum absolute atomic E-state index is 6.77. The first-order valence-corrected chi connectivity index (χ1v) is 21.4. The number of hydrogen-bond donors (Lipinski definition) is 0. The third-order valence-corrected chi connectivity index (χ3v) is 12.3. The van der Waals surface area contributed by atoms with Gasteiger partial charge in [0.15, 0.2) is 5.58 Å². The molecule has 0 aliphatic carbocycles. The number of anilines is 3. The van der Waals surface area contributed by atoms with Crippen LogP contribution >= 0.6 is 0 Å². The van der Waals surface area contributed by atoms with Crippen molar-refractivity contribution in [2.45, 2.75) is 0 Å². The molecule has 0 radical (unpaired) electrons. The second kappa shape index (κ2) is 15.3. The van der Waals surface area contributed by atoms with Gasteiger partial charge in [0, 0.05) is 32.8 Å². The second-order valence-corrected chi connectivity index (χ2v) is 16.0. The Labute approximate surface area is 365 Å². The normalized spacial score (nSPS) is 11.5. The fraction of sp³-hybridized carbons (Fsp3) is 0. The first kappa shape index (κ1) is 36.5. The third-order valence-electron chi connectivity index (χ3n) is 12.3. The van der Waals surface area contributed by atoms with E-state index in [0.717, 1.165) is 88.8 Å². The quantitative estimate of drug-likeness (QED) is 0.153. The monoisotopic (exact) mass is 805 g/mol. The molecule has 0 saturated carbocycles. The smallest absolute Gasteiger partial charge is 0.159 e. The molecule has 10 aromatic carbocycles. The second-order valence-electron chi connectivity index (χ2n) is 16.0. The molecular weight excluding hydrogens is 767 g/mol. The summed E-state index contributed by atoms with van der Waals surface area (Å²) in [4.78, 5) is 2.36. The van der Waals surface area contributed by atoms with E-state index in [1.165, 1.54) is 27.8 Å². The average molecular weight is 806 g/mol. The van der Waals surface area contributed by atoms with E-state index in [-0.39, 0.29) is 0 Å². The summed E-state index contributed by atoms with van der Waals surface area (Å²) in [5, 5.41) is 4.42. The lowest BCUT2D eigenvalue weighted by molar-refractivity contribution is 0.668. The summed E-state index contributed by atoms with van der Waals surface area (Å²) in [7, 11) is 0. The highest BCUT2D eigenvalue weighted by Gasteiger charge is 2.24. The van der Waals surface area contributed by atoms with Gasteiger partial charge in [-0.25, -0.2) is 0 Å². The van der Waals surface area contributed by atoms with Gasteiger partial charge in [-0.3, -0.25) is 0 Å². The molecule has 12 aromatic rings. The van der Waals surface area contributed by atoms with Crippen molar-refractivity contribution in [2.24, 2.45) is 0 Å². The van der Waals surface area contributed by atoms with Gasteiger partial charge in [-0.2, -0.15) is 0 Å². The molecule has 296 valence electrons. The minimum Gasteiger partial charge on any atom is -0.456 e. The first-order valence-electron chi connectivity index (χ1n) is 21.4. The zero-order valence-electron chi connectivity index (χ0n) is 34.3. The molecule has 0 N–H and O–H groups in total. The maximum atomic E-state index is 6.77. The summed E-state index contributed by atoms with van der Waals surface area (Å²) < 4.78 is 13.1. The van der Waals surface area contributed by atoms with Crippen LogP contribution in [0.1, 0.15) is 0 Å². The van der Waals surface area contributed by atoms with Gasteiger partial charge < -0.3 is 13.7 Å². The van der Waals surface area contributed by atoms with Crippen molar-refractivity contribution in [2.75, 3.05) is 4.90 Å². The fourth-order valence-corrected chi connectivity index (χ4v) is 9.32. The maximum Gasteiger partial charge on any atom is 0.159 e. The number of nitrogens with zero attached hydrogens (tertiary/aromatic N) is 1. The van der Waals surface area contributed by atoms with Crippen LogP contribution in [0, 0.1) is 0 Å². The molecule has 0 atom stereocenters. The van der Waals surface area contributed by atoms with Crippen LogP contribution in [-0.2, 0) is 0 Å². The van der Waals surface area contributed by atoms with E-state index in [4.69, 9.17) is 8.83 Å². The van der Waals surface area contributed by atoms with E-state index in [2.05, 4.69) is 223 Å². The highest BCUT2D eigenvalue weighted by atomic mass is 16.3. The number of rotatable bonds is 8. The minimum atomic E-state index is 0.836. The average Bonchev–Trinajstić information content (AvgIpc) is 3.94. The van der Waals surface area contributed by atoms with E-state index in [1.54, 1.807) is 0 Å². The van der Waals surface area contributed by atoms with Crippen LogP contribution in [0.15, 0.2) is 245 Å². The molecule has 63 heavy (non-hydrogen) atoms. The summed E-state index contributed by atoms with van der Waals surface area (Å²) in [6, 6.07) is 84.2. The van der Waals surface area contributed by atoms with E-state index < -0.39 is 0 Å². The third kappa shape index (κ3) is 6.38. The van der Waals surface area contributed by atoms with Crippen molar-refractivity contribution in [1.82, 2.24) is 0 Å². The Kier molecular flexibility index (Phi) is 8.83. The molecule has 0 fully saturated rings. The summed E-state index contributed by atoms with van der Waals surface area (Å²) in [6.07, 6.45) is 0. The fourth-order valence-electron chi connectivity index (χ4n) is 9.32. The standard InChI is InChI=1S/C60H39NO2/c1-3-16-40(17-4-1)43-32-36-46(42-18-5-2-6-19-42)54(38-43)48-21-8-7-20-47(48)49-22-9-12-26-55(49)61(56-27-15-25-53-51-24-11-14-29-58(51)63-60(53)56)45-34-30-41(31-35-45)44-33-37-52-50-23-10-13-28-57(50)62-59(52)39-44/h1-39H. The summed E-state index contributed by atoms with van der Waals surface area (Å²) in [6.45, 7) is 0. The van der Waals surface area contributed by atoms with Gasteiger partial charge in [0.25, 0.3) is 0 Å². The van der Waals surface area contributed by atoms with Crippen LogP contribution in [0.4, 0.5) is 17.1 Å². The molecule has 0 spiro atoms. The van der Waals surface area contributed by atoms with Crippen molar-refractivity contribution in [1.29, 1.82) is 0 Å². The molecule has 0 aliphatic rings. The van der Waals surface area contributed by atoms with Crippen LogP contribution in [0.2, 0.25) is 0 Å². The molecule has 2 aromatic heterocycles. The number of benzene rings is 10. The molecule has 0 unspecified atom stereocenters. The molecule has 2 heterocycles. The van der Waals surface area contributed by atoms with Crippen LogP contribution < -0.4 is 4.90 Å². The Hall–Kier alpha value is -8.40. The predicted molar refractivity (Wildman–Crippen MR) is 263 cm³/mol. The summed E-state index contributed by atoms with van der Waals surface area (Å²) in [5.41, 5.74) is 18.0. The Morgan fingerprint density at radius 3 is 1.52 bits per heavy atom. The zero-order valence-corrected chi connectivity index (χ0v) is 34.3. The Balaban J connectivity index is 1.05. The van der Waals surface area contributed by atoms with Gasteiger partial charge in [-0.05, 0) is 105 Å². The van der Waals surface area contributed by atoms with Crippen LogP contribution in [0.25, 0.3) is 99.5 Å². The molecule has 0 bridgehead atoms. The van der Waals surface area contributed by atoms with Gasteiger partial charge in [0.05, 0.1) is 11.4 Å².